The van der Waals surface area contributed by atoms with Crippen LogP contribution < -0.4 is 5.32 Å². The van der Waals surface area contributed by atoms with Gasteiger partial charge >= 0.3 is 0 Å². The standard InChI is InChI=1S/C16H23N3S2/c1-2-8-19(15-3-6-17-7-4-15)10-14-12-21-16(18-14)13-5-9-20-11-13/h5,9,11-12,15,17H,2-4,6-8,10H2,1H3. The molecule has 1 N–H and O–H groups in total. The molecule has 2 aromatic rings. The van der Waals surface area contributed by atoms with Crippen molar-refractivity contribution in [3.63, 3.8) is 0 Å². The van der Waals surface area contributed by atoms with Crippen LogP contribution in [0.5, 0.6) is 0 Å². The summed E-state index contributed by atoms with van der Waals surface area (Å²) in [5, 5.41) is 11.2. The van der Waals surface area contributed by atoms with Gasteiger partial charge in [0.2, 0.25) is 0 Å². The lowest BCUT2D eigenvalue weighted by Gasteiger charge is -2.34. The molecule has 3 heterocycles. The number of hydrogen-bond acceptors (Lipinski definition) is 5. The number of aromatic nitrogens is 1. The van der Waals surface area contributed by atoms with Crippen molar-refractivity contribution in [1.82, 2.24) is 15.2 Å². The molecule has 114 valence electrons. The van der Waals surface area contributed by atoms with Crippen LogP contribution in [0.15, 0.2) is 22.2 Å². The Kier molecular flexibility index (Phi) is 5.41. The summed E-state index contributed by atoms with van der Waals surface area (Å²) in [6.45, 7) is 6.76. The molecule has 0 aliphatic carbocycles. The topological polar surface area (TPSA) is 28.2 Å². The molecular formula is C16H23N3S2. The largest absolute Gasteiger partial charge is 0.317 e. The summed E-state index contributed by atoms with van der Waals surface area (Å²) in [6.07, 6.45) is 3.74. The van der Waals surface area contributed by atoms with Crippen molar-refractivity contribution in [3.05, 3.63) is 27.9 Å². The highest BCUT2D eigenvalue weighted by Gasteiger charge is 2.21. The lowest BCUT2D eigenvalue weighted by atomic mass is 10.0. The van der Waals surface area contributed by atoms with E-state index in [0.29, 0.717) is 0 Å². The van der Waals surface area contributed by atoms with Crippen molar-refractivity contribution in [1.29, 1.82) is 0 Å². The third-order valence-corrected chi connectivity index (χ3v) is 5.64. The second-order valence-electron chi connectivity index (χ2n) is 5.61. The number of nitrogens with zero attached hydrogens (tertiary/aromatic N) is 2. The van der Waals surface area contributed by atoms with Crippen molar-refractivity contribution in [3.8, 4) is 10.6 Å². The molecule has 0 atom stereocenters. The molecule has 1 fully saturated rings. The zero-order valence-corrected chi connectivity index (χ0v) is 14.2. The van der Waals surface area contributed by atoms with E-state index < -0.39 is 0 Å². The molecule has 0 bridgehead atoms. The van der Waals surface area contributed by atoms with Gasteiger partial charge in [0, 0.05) is 28.9 Å². The number of piperidine rings is 1. The van der Waals surface area contributed by atoms with E-state index in [1.807, 2.05) is 0 Å². The summed E-state index contributed by atoms with van der Waals surface area (Å²) in [6, 6.07) is 2.88. The summed E-state index contributed by atoms with van der Waals surface area (Å²) < 4.78 is 0. The normalized spacial score (nSPS) is 16.7. The van der Waals surface area contributed by atoms with Crippen molar-refractivity contribution < 1.29 is 0 Å². The van der Waals surface area contributed by atoms with Crippen LogP contribution in [-0.4, -0.2) is 35.6 Å². The van der Waals surface area contributed by atoms with Gasteiger partial charge in [0.1, 0.15) is 5.01 Å². The molecule has 3 nitrogen and oxygen atoms in total. The number of nitrogens with one attached hydrogen (secondary N) is 1. The van der Waals surface area contributed by atoms with E-state index in [1.165, 1.54) is 37.1 Å². The van der Waals surface area contributed by atoms with E-state index >= 15 is 0 Å². The maximum absolute atomic E-state index is 4.84. The highest BCUT2D eigenvalue weighted by Crippen LogP contribution is 2.26. The Morgan fingerprint density at radius 2 is 2.19 bits per heavy atom. The lowest BCUT2D eigenvalue weighted by molar-refractivity contribution is 0.153. The zero-order valence-electron chi connectivity index (χ0n) is 12.5. The fourth-order valence-electron chi connectivity index (χ4n) is 2.96. The van der Waals surface area contributed by atoms with Crippen LogP contribution in [0.3, 0.4) is 0 Å². The van der Waals surface area contributed by atoms with Crippen LogP contribution in [0.25, 0.3) is 10.6 Å². The van der Waals surface area contributed by atoms with E-state index in [-0.39, 0.29) is 0 Å². The number of rotatable bonds is 6. The SMILES string of the molecule is CCCN(Cc1csc(-c2ccsc2)n1)C1CCNCC1. The maximum atomic E-state index is 4.84. The molecular weight excluding hydrogens is 298 g/mol. The van der Waals surface area contributed by atoms with Gasteiger partial charge in [-0.15, -0.1) is 11.3 Å². The van der Waals surface area contributed by atoms with E-state index in [0.717, 1.165) is 30.7 Å². The Labute approximate surface area is 135 Å². The molecule has 1 aliphatic heterocycles. The van der Waals surface area contributed by atoms with Gasteiger partial charge in [0.15, 0.2) is 0 Å². The second kappa shape index (κ2) is 7.49. The van der Waals surface area contributed by atoms with Gasteiger partial charge in [-0.3, -0.25) is 4.90 Å². The first-order valence-electron chi connectivity index (χ1n) is 7.78. The van der Waals surface area contributed by atoms with E-state index in [1.54, 1.807) is 22.7 Å². The van der Waals surface area contributed by atoms with Crippen molar-refractivity contribution >= 4 is 22.7 Å². The molecule has 21 heavy (non-hydrogen) atoms. The fourth-order valence-corrected chi connectivity index (χ4v) is 4.48. The molecule has 1 saturated heterocycles. The van der Waals surface area contributed by atoms with Gasteiger partial charge in [0.05, 0.1) is 5.69 Å². The van der Waals surface area contributed by atoms with Gasteiger partial charge in [0.25, 0.3) is 0 Å². The van der Waals surface area contributed by atoms with Crippen LogP contribution in [0.4, 0.5) is 0 Å². The molecule has 0 amide bonds. The average molecular weight is 322 g/mol. The first-order chi connectivity index (χ1) is 10.4. The highest BCUT2D eigenvalue weighted by atomic mass is 32.1. The first-order valence-corrected chi connectivity index (χ1v) is 9.61. The minimum Gasteiger partial charge on any atom is -0.317 e. The summed E-state index contributed by atoms with van der Waals surface area (Å²) >= 11 is 3.51. The Morgan fingerprint density at radius 3 is 2.90 bits per heavy atom. The molecule has 0 unspecified atom stereocenters. The molecule has 2 aromatic heterocycles. The van der Waals surface area contributed by atoms with Gasteiger partial charge in [-0.1, -0.05) is 6.92 Å². The number of thiazole rings is 1. The smallest absolute Gasteiger partial charge is 0.124 e. The molecule has 0 aromatic carbocycles. The third-order valence-electron chi connectivity index (χ3n) is 4.02. The zero-order chi connectivity index (χ0) is 14.5. The Balaban J connectivity index is 1.67. The van der Waals surface area contributed by atoms with E-state index in [9.17, 15) is 0 Å². The van der Waals surface area contributed by atoms with Crippen LogP contribution in [0.1, 0.15) is 31.9 Å². The summed E-state index contributed by atoms with van der Waals surface area (Å²) in [4.78, 5) is 7.47. The average Bonchev–Trinajstić information content (AvgIpc) is 3.19. The highest BCUT2D eigenvalue weighted by molar-refractivity contribution is 7.14. The van der Waals surface area contributed by atoms with E-state index in [2.05, 4.69) is 39.3 Å². The molecule has 5 heteroatoms. The van der Waals surface area contributed by atoms with Crippen LogP contribution in [0, 0.1) is 0 Å². The monoisotopic (exact) mass is 321 g/mol. The van der Waals surface area contributed by atoms with E-state index in [4.69, 9.17) is 4.98 Å². The minimum atomic E-state index is 0.720. The Bertz CT molecular complexity index is 529. The third kappa shape index (κ3) is 3.92. The predicted octanol–water partition coefficient (Wildman–Crippen LogP) is 3.84. The van der Waals surface area contributed by atoms with Crippen molar-refractivity contribution in [2.24, 2.45) is 0 Å². The summed E-state index contributed by atoms with van der Waals surface area (Å²) in [5.74, 6) is 0. The quantitative estimate of drug-likeness (QED) is 0.876. The van der Waals surface area contributed by atoms with Gasteiger partial charge in [-0.05, 0) is 50.3 Å². The van der Waals surface area contributed by atoms with Crippen LogP contribution in [-0.2, 0) is 6.54 Å². The fraction of sp³-hybridized carbons (Fsp3) is 0.562. The molecule has 3 rings (SSSR count). The van der Waals surface area contributed by atoms with Crippen molar-refractivity contribution in [2.75, 3.05) is 19.6 Å². The van der Waals surface area contributed by atoms with Crippen LogP contribution >= 0.6 is 22.7 Å². The first kappa shape index (κ1) is 15.2. The number of thiophene rings is 1. The predicted molar refractivity (Wildman–Crippen MR) is 92.0 cm³/mol. The molecule has 1 aliphatic rings. The Morgan fingerprint density at radius 1 is 1.33 bits per heavy atom. The Hall–Kier alpha value is -0.750. The maximum Gasteiger partial charge on any atom is 0.124 e. The summed E-state index contributed by atoms with van der Waals surface area (Å²) in [5.41, 5.74) is 2.49. The minimum absolute atomic E-state index is 0.720. The van der Waals surface area contributed by atoms with Crippen LogP contribution in [0.2, 0.25) is 0 Å². The van der Waals surface area contributed by atoms with Gasteiger partial charge < -0.3 is 5.32 Å². The summed E-state index contributed by atoms with van der Waals surface area (Å²) in [7, 11) is 0. The molecule has 0 saturated carbocycles. The number of hydrogen-bond donors (Lipinski definition) is 1. The van der Waals surface area contributed by atoms with Gasteiger partial charge in [-0.25, -0.2) is 4.98 Å². The van der Waals surface area contributed by atoms with Crippen molar-refractivity contribution in [2.45, 2.75) is 38.8 Å². The lowest BCUT2D eigenvalue weighted by Crippen LogP contribution is -2.43. The second-order valence-corrected chi connectivity index (χ2v) is 7.25. The molecule has 0 spiro atoms. The molecule has 0 radical (unpaired) electrons. The van der Waals surface area contributed by atoms with Gasteiger partial charge in [-0.2, -0.15) is 11.3 Å².